The van der Waals surface area contributed by atoms with Crippen molar-refractivity contribution in [2.24, 2.45) is 5.92 Å². The number of hydrogen-bond donors (Lipinski definition) is 0. The Morgan fingerprint density at radius 3 is 2.50 bits per heavy atom. The lowest BCUT2D eigenvalue weighted by molar-refractivity contribution is 0.211. The molecule has 0 aliphatic heterocycles. The molecule has 1 nitrogen and oxygen atoms in total. The first kappa shape index (κ1) is 7.54. The molecule has 0 unspecified atom stereocenters. The van der Waals surface area contributed by atoms with E-state index in [9.17, 15) is 0 Å². The summed E-state index contributed by atoms with van der Waals surface area (Å²) in [4.78, 5) is 0. The van der Waals surface area contributed by atoms with Gasteiger partial charge in [0.15, 0.2) is 0 Å². The third-order valence-corrected chi connectivity index (χ3v) is 0.662. The van der Waals surface area contributed by atoms with Gasteiger partial charge >= 0.3 is 0 Å². The maximum absolute atomic E-state index is 5.06. The van der Waals surface area contributed by atoms with Crippen molar-refractivity contribution < 1.29 is 4.74 Å². The summed E-state index contributed by atoms with van der Waals surface area (Å²) in [7, 11) is 0. The Hall–Kier alpha value is -0.460. The largest absolute Gasteiger partial charge is 0.501 e. The number of rotatable bonds is 3. The maximum atomic E-state index is 5.06. The molecule has 48 valence electrons. The summed E-state index contributed by atoms with van der Waals surface area (Å²) in [5, 5.41) is 0. The Morgan fingerprint density at radius 1 is 1.50 bits per heavy atom. The minimum absolute atomic E-state index is 0.631. The molecule has 0 spiro atoms. The fraction of sp³-hybridized carbons (Fsp3) is 0.714. The van der Waals surface area contributed by atoms with Crippen LogP contribution in [-0.2, 0) is 4.74 Å². The number of allylic oxidation sites excluding steroid dienone is 1. The first-order valence-electron chi connectivity index (χ1n) is 3.00. The van der Waals surface area contributed by atoms with Gasteiger partial charge in [-0.2, -0.15) is 0 Å². The van der Waals surface area contributed by atoms with Crippen LogP contribution in [0.4, 0.5) is 0 Å². The molecule has 0 aliphatic rings. The molecule has 0 bridgehead atoms. The topological polar surface area (TPSA) is 9.23 Å². The van der Waals surface area contributed by atoms with Crippen molar-refractivity contribution in [3.8, 4) is 0 Å². The van der Waals surface area contributed by atoms with Gasteiger partial charge in [-0.05, 0) is 12.8 Å². The van der Waals surface area contributed by atoms with Gasteiger partial charge in [-0.25, -0.2) is 0 Å². The molecule has 0 aliphatic carbocycles. The molecule has 0 radical (unpaired) electrons. The van der Waals surface area contributed by atoms with Crippen LogP contribution in [0.15, 0.2) is 12.3 Å². The Morgan fingerprint density at radius 2 is 2.12 bits per heavy atom. The zero-order valence-electron chi connectivity index (χ0n) is 5.85. The van der Waals surface area contributed by atoms with Crippen LogP contribution in [0.25, 0.3) is 0 Å². The number of hydrogen-bond acceptors (Lipinski definition) is 1. The summed E-state index contributed by atoms with van der Waals surface area (Å²) in [6.07, 6.45) is 3.61. The standard InChI is InChI=1S/C7H14O/c1-4-5-8-6-7(2)3/h4-5,7H,6H2,1-3H3/b5-4-. The van der Waals surface area contributed by atoms with Gasteiger partial charge in [-0.1, -0.05) is 19.9 Å². The average molecular weight is 114 g/mol. The van der Waals surface area contributed by atoms with Gasteiger partial charge in [-0.15, -0.1) is 0 Å². The lowest BCUT2D eigenvalue weighted by Gasteiger charge is -2.01. The van der Waals surface area contributed by atoms with E-state index < -0.39 is 0 Å². The van der Waals surface area contributed by atoms with E-state index in [0.29, 0.717) is 5.92 Å². The van der Waals surface area contributed by atoms with Crippen molar-refractivity contribution in [2.45, 2.75) is 20.8 Å². The van der Waals surface area contributed by atoms with Gasteiger partial charge in [0.1, 0.15) is 0 Å². The summed E-state index contributed by atoms with van der Waals surface area (Å²) in [5.74, 6) is 0.631. The van der Waals surface area contributed by atoms with Gasteiger partial charge in [0.2, 0.25) is 0 Å². The van der Waals surface area contributed by atoms with Gasteiger partial charge in [0.05, 0.1) is 12.9 Å². The smallest absolute Gasteiger partial charge is 0.0895 e. The maximum Gasteiger partial charge on any atom is 0.0895 e. The van der Waals surface area contributed by atoms with Crippen LogP contribution >= 0.6 is 0 Å². The second-order valence-corrected chi connectivity index (χ2v) is 2.20. The second kappa shape index (κ2) is 4.69. The van der Waals surface area contributed by atoms with Crippen molar-refractivity contribution in [3.05, 3.63) is 12.3 Å². The first-order valence-corrected chi connectivity index (χ1v) is 3.00. The molecule has 1 heteroatoms. The van der Waals surface area contributed by atoms with E-state index in [1.165, 1.54) is 0 Å². The van der Waals surface area contributed by atoms with Crippen LogP contribution in [0.1, 0.15) is 20.8 Å². The fourth-order valence-electron chi connectivity index (χ4n) is 0.344. The molecule has 0 heterocycles. The van der Waals surface area contributed by atoms with E-state index in [0.717, 1.165) is 6.61 Å². The Balaban J connectivity index is 2.93. The highest BCUT2D eigenvalue weighted by molar-refractivity contribution is 4.65. The molecule has 0 rings (SSSR count). The van der Waals surface area contributed by atoms with Crippen LogP contribution in [0.2, 0.25) is 0 Å². The van der Waals surface area contributed by atoms with Gasteiger partial charge in [0.25, 0.3) is 0 Å². The van der Waals surface area contributed by atoms with Crippen molar-refractivity contribution in [2.75, 3.05) is 6.61 Å². The molecule has 0 saturated carbocycles. The quantitative estimate of drug-likeness (QED) is 0.511. The van der Waals surface area contributed by atoms with E-state index in [4.69, 9.17) is 4.74 Å². The molecule has 0 amide bonds. The monoisotopic (exact) mass is 114 g/mol. The van der Waals surface area contributed by atoms with E-state index in [-0.39, 0.29) is 0 Å². The molecule has 0 fully saturated rings. The van der Waals surface area contributed by atoms with E-state index in [1.54, 1.807) is 6.26 Å². The van der Waals surface area contributed by atoms with Crippen LogP contribution in [0.5, 0.6) is 0 Å². The summed E-state index contributed by atoms with van der Waals surface area (Å²) >= 11 is 0. The molecule has 8 heavy (non-hydrogen) atoms. The molecule has 0 aromatic rings. The Bertz CT molecular complexity index is 64.8. The predicted molar refractivity (Wildman–Crippen MR) is 35.6 cm³/mol. The van der Waals surface area contributed by atoms with Crippen LogP contribution in [-0.4, -0.2) is 6.61 Å². The summed E-state index contributed by atoms with van der Waals surface area (Å²) < 4.78 is 5.06. The third-order valence-electron chi connectivity index (χ3n) is 0.662. The molecular weight excluding hydrogens is 100 g/mol. The number of ether oxygens (including phenoxy) is 1. The van der Waals surface area contributed by atoms with Crippen molar-refractivity contribution in [1.82, 2.24) is 0 Å². The van der Waals surface area contributed by atoms with Crippen molar-refractivity contribution >= 4 is 0 Å². The highest BCUT2D eigenvalue weighted by Gasteiger charge is 1.87. The lowest BCUT2D eigenvalue weighted by Crippen LogP contribution is -1.95. The molecule has 0 aromatic carbocycles. The molecule has 0 atom stereocenters. The highest BCUT2D eigenvalue weighted by atomic mass is 16.5. The first-order chi connectivity index (χ1) is 3.77. The van der Waals surface area contributed by atoms with Crippen molar-refractivity contribution in [1.29, 1.82) is 0 Å². The summed E-state index contributed by atoms with van der Waals surface area (Å²) in [5.41, 5.74) is 0. The van der Waals surface area contributed by atoms with E-state index >= 15 is 0 Å². The molecule has 0 N–H and O–H groups in total. The zero-order valence-corrected chi connectivity index (χ0v) is 5.85. The van der Waals surface area contributed by atoms with Crippen LogP contribution in [0.3, 0.4) is 0 Å². The van der Waals surface area contributed by atoms with Gasteiger partial charge in [0, 0.05) is 0 Å². The van der Waals surface area contributed by atoms with Gasteiger partial charge < -0.3 is 4.74 Å². The SMILES string of the molecule is C/C=C\OCC(C)C. The normalized spacial score (nSPS) is 11.0. The predicted octanol–water partition coefficient (Wildman–Crippen LogP) is 2.19. The molecule has 0 saturated heterocycles. The van der Waals surface area contributed by atoms with Gasteiger partial charge in [-0.3, -0.25) is 0 Å². The zero-order chi connectivity index (χ0) is 6.41. The van der Waals surface area contributed by atoms with Crippen LogP contribution < -0.4 is 0 Å². The second-order valence-electron chi connectivity index (χ2n) is 2.20. The Kier molecular flexibility index (Phi) is 4.42. The summed E-state index contributed by atoms with van der Waals surface area (Å²) in [6.45, 7) is 7.03. The lowest BCUT2D eigenvalue weighted by atomic mass is 10.2. The van der Waals surface area contributed by atoms with E-state index in [2.05, 4.69) is 13.8 Å². The molecule has 0 aromatic heterocycles. The van der Waals surface area contributed by atoms with E-state index in [1.807, 2.05) is 13.0 Å². The Labute approximate surface area is 51.4 Å². The minimum Gasteiger partial charge on any atom is -0.501 e. The highest BCUT2D eigenvalue weighted by Crippen LogP contribution is 1.91. The fourth-order valence-corrected chi connectivity index (χ4v) is 0.344. The third kappa shape index (κ3) is 5.54. The summed E-state index contributed by atoms with van der Waals surface area (Å²) in [6, 6.07) is 0. The minimum atomic E-state index is 0.631. The average Bonchev–Trinajstić information content (AvgIpc) is 1.66. The van der Waals surface area contributed by atoms with Crippen molar-refractivity contribution in [3.63, 3.8) is 0 Å². The van der Waals surface area contributed by atoms with Crippen LogP contribution in [0, 0.1) is 5.92 Å². The molecular formula is C7H14O.